The molecule has 4 rings (SSSR count). The Hall–Kier alpha value is -1.40. The second kappa shape index (κ2) is 13.4. The zero-order valence-corrected chi connectivity index (χ0v) is 24.3. The van der Waals surface area contributed by atoms with Crippen LogP contribution in [-0.2, 0) is 9.53 Å². The molecule has 0 bridgehead atoms. The maximum absolute atomic E-state index is 13.5. The number of allylic oxidation sites excluding steroid dienone is 5. The first-order valence-electron chi connectivity index (χ1n) is 13.5. The van der Waals surface area contributed by atoms with Gasteiger partial charge in [0.05, 0.1) is 17.9 Å². The molecule has 6 heteroatoms. The molecule has 36 heavy (non-hydrogen) atoms. The van der Waals surface area contributed by atoms with E-state index in [1.54, 1.807) is 0 Å². The van der Waals surface area contributed by atoms with E-state index >= 15 is 0 Å². The molecule has 190 valence electrons. The molecule has 1 unspecified atom stereocenters. The summed E-state index contributed by atoms with van der Waals surface area (Å²) in [5.74, 6) is -0.0910. The molecule has 1 saturated carbocycles. The van der Waals surface area contributed by atoms with Crippen LogP contribution in [0.25, 0.3) is 0 Å². The third-order valence-corrected chi connectivity index (χ3v) is 8.60. The largest absolute Gasteiger partial charge is 1.00 e. The molecule has 5 nitrogen and oxygen atoms in total. The molecular formula is C30H40NNaO4. The Morgan fingerprint density at radius 1 is 1.19 bits per heavy atom. The Balaban J connectivity index is 0.00000361. The molecule has 2 fully saturated rings. The minimum Gasteiger partial charge on any atom is -0.550 e. The number of hydrogen-bond donors (Lipinski definition) is 1. The van der Waals surface area contributed by atoms with Crippen LogP contribution >= 0.6 is 0 Å². The van der Waals surface area contributed by atoms with Gasteiger partial charge in [-0.15, -0.1) is 0 Å². The topological polar surface area (TPSA) is 82.2 Å². The fraction of sp³-hybridized carbons (Fsp3) is 0.600. The number of carboxylic acid groups (broad SMARTS) is 1. The van der Waals surface area contributed by atoms with Crippen molar-refractivity contribution in [2.24, 2.45) is 35.5 Å². The van der Waals surface area contributed by atoms with E-state index in [9.17, 15) is 14.7 Å². The van der Waals surface area contributed by atoms with E-state index in [2.05, 4.69) is 49.2 Å². The normalized spacial score (nSPS) is 33.2. The fourth-order valence-corrected chi connectivity index (χ4v) is 6.62. The number of fused-ring (bicyclic) bond motifs is 1. The van der Waals surface area contributed by atoms with Gasteiger partial charge in [0.2, 0.25) is 0 Å². The van der Waals surface area contributed by atoms with Crippen LogP contribution in [0.4, 0.5) is 0 Å². The average molecular weight is 502 g/mol. The predicted octanol–water partition coefficient (Wildman–Crippen LogP) is 2.27. The number of aromatic amines is 1. The van der Waals surface area contributed by atoms with Crippen molar-refractivity contribution in [3.63, 3.8) is 0 Å². The molecule has 0 spiro atoms. The molecule has 2 aliphatic carbocycles. The summed E-state index contributed by atoms with van der Waals surface area (Å²) in [5, 5.41) is 11.6. The fourth-order valence-electron chi connectivity index (χ4n) is 6.62. The van der Waals surface area contributed by atoms with E-state index in [1.165, 1.54) is 18.4 Å². The second-order valence-electron chi connectivity index (χ2n) is 10.7. The van der Waals surface area contributed by atoms with E-state index in [4.69, 9.17) is 4.74 Å². The number of ether oxygens (including phenoxy) is 1. The van der Waals surface area contributed by atoms with Crippen molar-refractivity contribution < 1.29 is 49.0 Å². The zero-order chi connectivity index (χ0) is 24.9. The minimum absolute atomic E-state index is 0. The van der Waals surface area contributed by atoms with Crippen LogP contribution in [0.5, 0.6) is 0 Å². The van der Waals surface area contributed by atoms with Gasteiger partial charge in [-0.2, -0.15) is 0 Å². The summed E-state index contributed by atoms with van der Waals surface area (Å²) in [6.45, 7) is 6.19. The SMILES string of the molecule is CC/C(=C\C=C\C1C=C[C@@H]2CCC[C@H]2[C@@H]1C(=O)c1ccc[nH]1)[C@@H]1O[C@@H]([C@@H](CC)C(=O)[O-])CC[C@@H]1C.[Na+]. The molecule has 1 aromatic rings. The first-order chi connectivity index (χ1) is 16.9. The van der Waals surface area contributed by atoms with Gasteiger partial charge in [0.15, 0.2) is 5.78 Å². The molecular weight excluding hydrogens is 461 g/mol. The number of ketones is 1. The number of H-pyrrole nitrogens is 1. The van der Waals surface area contributed by atoms with Gasteiger partial charge in [-0.1, -0.05) is 57.6 Å². The van der Waals surface area contributed by atoms with E-state index in [0.717, 1.165) is 25.7 Å². The molecule has 0 radical (unpaired) electrons. The van der Waals surface area contributed by atoms with Crippen LogP contribution in [-0.4, -0.2) is 28.9 Å². The molecule has 1 aliphatic heterocycles. The van der Waals surface area contributed by atoms with Crippen LogP contribution in [0.3, 0.4) is 0 Å². The summed E-state index contributed by atoms with van der Waals surface area (Å²) in [6.07, 6.45) is 18.9. The van der Waals surface area contributed by atoms with Gasteiger partial charge in [0, 0.05) is 29.9 Å². The van der Waals surface area contributed by atoms with Crippen molar-refractivity contribution >= 4 is 11.8 Å². The van der Waals surface area contributed by atoms with Crippen LogP contribution in [0.2, 0.25) is 0 Å². The Morgan fingerprint density at radius 2 is 2.00 bits per heavy atom. The molecule has 2 heterocycles. The number of aromatic nitrogens is 1. The van der Waals surface area contributed by atoms with E-state index in [1.807, 2.05) is 25.3 Å². The van der Waals surface area contributed by atoms with Crippen molar-refractivity contribution in [2.45, 2.75) is 77.9 Å². The number of carbonyl (C=O) groups is 2. The minimum atomic E-state index is -1.01. The van der Waals surface area contributed by atoms with Crippen molar-refractivity contribution in [1.82, 2.24) is 4.98 Å². The maximum Gasteiger partial charge on any atom is 1.00 e. The molecule has 3 aliphatic rings. The van der Waals surface area contributed by atoms with Crippen LogP contribution < -0.4 is 34.7 Å². The van der Waals surface area contributed by atoms with Crippen molar-refractivity contribution in [1.29, 1.82) is 0 Å². The van der Waals surface area contributed by atoms with Gasteiger partial charge in [0.25, 0.3) is 0 Å². The first-order valence-corrected chi connectivity index (χ1v) is 13.5. The van der Waals surface area contributed by atoms with Gasteiger partial charge in [-0.05, 0) is 74.0 Å². The third-order valence-electron chi connectivity index (χ3n) is 8.60. The summed E-state index contributed by atoms with van der Waals surface area (Å²) >= 11 is 0. The molecule has 0 amide bonds. The summed E-state index contributed by atoms with van der Waals surface area (Å²) in [7, 11) is 0. The van der Waals surface area contributed by atoms with Gasteiger partial charge in [0.1, 0.15) is 0 Å². The van der Waals surface area contributed by atoms with Crippen LogP contribution in [0.1, 0.15) is 76.2 Å². The van der Waals surface area contributed by atoms with Crippen LogP contribution in [0.15, 0.2) is 54.3 Å². The first kappa shape index (κ1) is 29.2. The van der Waals surface area contributed by atoms with Gasteiger partial charge in [-0.3, -0.25) is 4.79 Å². The average Bonchev–Trinajstić information content (AvgIpc) is 3.55. The Morgan fingerprint density at radius 3 is 2.67 bits per heavy atom. The van der Waals surface area contributed by atoms with E-state index < -0.39 is 11.9 Å². The standard InChI is InChI=1S/C30H41NO4.Na/c1-4-20(29-19(3)14-17-26(35-29)23(5-2)30(33)34)9-6-11-22-16-15-21-10-7-12-24(21)27(22)28(32)25-13-8-18-31-25;/h6,8-9,11,13,15-16,18-19,21-24,26-27,29,31H,4-5,7,10,12,14,17H2,1-3H3,(H,33,34);/q;+1/p-1/b11-6+,20-9+;/t19-,21-,22?,23+,24+,26+,27+,29+;/m0./s1. The summed E-state index contributed by atoms with van der Waals surface area (Å²) in [6, 6.07) is 3.77. The van der Waals surface area contributed by atoms with Crippen molar-refractivity contribution in [3.05, 3.63) is 60.0 Å². The molecule has 0 aromatic carbocycles. The number of carboxylic acids is 1. The zero-order valence-electron chi connectivity index (χ0n) is 22.3. The number of aliphatic carboxylic acids is 1. The molecule has 1 saturated heterocycles. The molecule has 8 atom stereocenters. The predicted molar refractivity (Wildman–Crippen MR) is 135 cm³/mol. The Bertz CT molecular complexity index is 966. The van der Waals surface area contributed by atoms with Crippen molar-refractivity contribution in [2.75, 3.05) is 0 Å². The monoisotopic (exact) mass is 501 g/mol. The number of rotatable bonds is 9. The number of Topliss-reactive ketones (excluding diaryl/α,β-unsaturated/α-hetero) is 1. The third kappa shape index (κ3) is 6.35. The number of hydrogen-bond acceptors (Lipinski definition) is 4. The second-order valence-corrected chi connectivity index (χ2v) is 10.7. The molecule has 1 aromatic heterocycles. The summed E-state index contributed by atoms with van der Waals surface area (Å²) in [5.41, 5.74) is 1.88. The number of carbonyl (C=O) groups excluding carboxylic acids is 2. The van der Waals surface area contributed by atoms with E-state index in [-0.39, 0.29) is 59.4 Å². The smallest absolute Gasteiger partial charge is 0.550 e. The summed E-state index contributed by atoms with van der Waals surface area (Å²) < 4.78 is 6.38. The maximum atomic E-state index is 13.5. The van der Waals surface area contributed by atoms with E-state index in [0.29, 0.717) is 29.9 Å². The van der Waals surface area contributed by atoms with Gasteiger partial charge in [-0.25, -0.2) is 0 Å². The Kier molecular flexibility index (Phi) is 10.9. The van der Waals surface area contributed by atoms with Crippen molar-refractivity contribution in [3.8, 4) is 0 Å². The number of nitrogens with one attached hydrogen (secondary N) is 1. The Labute approximate surface area is 238 Å². The van der Waals surface area contributed by atoms with Gasteiger partial charge < -0.3 is 19.6 Å². The summed E-state index contributed by atoms with van der Waals surface area (Å²) in [4.78, 5) is 28.2. The van der Waals surface area contributed by atoms with Gasteiger partial charge >= 0.3 is 29.6 Å². The quantitative estimate of drug-likeness (QED) is 0.244. The molecule has 1 N–H and O–H groups in total. The van der Waals surface area contributed by atoms with Crippen LogP contribution in [0, 0.1) is 35.5 Å².